The molecule has 1 aromatic rings. The molecule has 2 N–H and O–H groups in total. The summed E-state index contributed by atoms with van der Waals surface area (Å²) in [7, 11) is 0. The zero-order chi connectivity index (χ0) is 12.1. The van der Waals surface area contributed by atoms with Gasteiger partial charge < -0.3 is 5.32 Å². The molecular weight excluding hydrogens is 212 g/mol. The number of urea groups is 1. The smallest absolute Gasteiger partial charge is 0.320 e. The number of amides is 2. The molecule has 7 nitrogen and oxygen atoms in total. The summed E-state index contributed by atoms with van der Waals surface area (Å²) in [4.78, 5) is 24.5. The molecular formula is C9H12N4O3. The fraction of sp³-hybridized carbons (Fsp3) is 0.333. The second-order valence-electron chi connectivity index (χ2n) is 2.77. The van der Waals surface area contributed by atoms with E-state index < -0.39 is 4.92 Å². The largest absolute Gasteiger partial charge is 0.334 e. The van der Waals surface area contributed by atoms with Crippen molar-refractivity contribution in [1.29, 1.82) is 0 Å². The highest BCUT2D eigenvalue weighted by atomic mass is 16.6. The Kier molecular flexibility index (Phi) is 3.76. The van der Waals surface area contributed by atoms with E-state index in [0.29, 0.717) is 11.4 Å². The number of hydrogen-bond donors (Lipinski definition) is 2. The van der Waals surface area contributed by atoms with Gasteiger partial charge in [0, 0.05) is 18.2 Å². The van der Waals surface area contributed by atoms with E-state index in [-0.39, 0.29) is 18.3 Å². The van der Waals surface area contributed by atoms with Crippen LogP contribution in [-0.2, 0) is 6.54 Å². The normalized spacial score (nSPS) is 12.5. The fourth-order valence-electron chi connectivity index (χ4n) is 1.17. The number of carbonyl (C=O) groups is 1. The van der Waals surface area contributed by atoms with E-state index in [9.17, 15) is 14.9 Å². The highest BCUT2D eigenvalue weighted by Crippen LogP contribution is 2.20. The molecule has 0 radical (unpaired) electrons. The predicted molar refractivity (Wildman–Crippen MR) is 58.1 cm³/mol. The number of nitrogens with one attached hydrogen (secondary N) is 2. The van der Waals surface area contributed by atoms with Crippen LogP contribution in [0.3, 0.4) is 0 Å². The van der Waals surface area contributed by atoms with Crippen LogP contribution >= 0.6 is 0 Å². The Morgan fingerprint density at radius 3 is 2.81 bits per heavy atom. The Balaban J connectivity index is 0.000000606. The van der Waals surface area contributed by atoms with Crippen LogP contribution in [0.4, 0.5) is 16.3 Å². The number of fused-ring (bicyclic) bond motifs is 1. The average molecular weight is 224 g/mol. The Hall–Kier alpha value is -2.18. The lowest BCUT2D eigenvalue weighted by molar-refractivity contribution is -0.385. The average Bonchev–Trinajstić information content (AvgIpc) is 2.30. The van der Waals surface area contributed by atoms with E-state index in [1.165, 1.54) is 6.07 Å². The topological polar surface area (TPSA) is 97.2 Å². The zero-order valence-corrected chi connectivity index (χ0v) is 8.98. The number of carbonyl (C=O) groups excluding carboxylic acids is 1. The molecule has 86 valence electrons. The Morgan fingerprint density at radius 1 is 1.50 bits per heavy atom. The van der Waals surface area contributed by atoms with Crippen LogP contribution in [-0.4, -0.2) is 15.9 Å². The molecule has 0 aromatic carbocycles. The molecule has 7 heteroatoms. The highest BCUT2D eigenvalue weighted by Gasteiger charge is 2.18. The Bertz CT molecular complexity index is 419. The second kappa shape index (κ2) is 5.06. The summed E-state index contributed by atoms with van der Waals surface area (Å²) in [5, 5.41) is 15.3. The molecule has 0 fully saturated rings. The molecule has 2 heterocycles. The molecule has 0 saturated heterocycles. The summed E-state index contributed by atoms with van der Waals surface area (Å²) >= 11 is 0. The maximum absolute atomic E-state index is 10.8. The molecule has 2 amide bonds. The molecule has 0 bridgehead atoms. The number of nitrogens with zero attached hydrogens (tertiary/aromatic N) is 2. The molecule has 0 saturated carbocycles. The van der Waals surface area contributed by atoms with Gasteiger partial charge in [0.15, 0.2) is 0 Å². The van der Waals surface area contributed by atoms with Gasteiger partial charge in [0.05, 0.1) is 4.92 Å². The lowest BCUT2D eigenvalue weighted by Gasteiger charge is -2.15. The van der Waals surface area contributed by atoms with E-state index >= 15 is 0 Å². The van der Waals surface area contributed by atoms with E-state index in [0.717, 1.165) is 6.20 Å². The lowest BCUT2D eigenvalue weighted by atomic mass is 10.2. The summed E-state index contributed by atoms with van der Waals surface area (Å²) in [6.45, 7) is 4.26. The van der Waals surface area contributed by atoms with Gasteiger partial charge in [-0.25, -0.2) is 9.78 Å². The number of anilines is 1. The van der Waals surface area contributed by atoms with Crippen molar-refractivity contribution in [3.8, 4) is 0 Å². The minimum absolute atomic E-state index is 0.0818. The van der Waals surface area contributed by atoms with Crippen molar-refractivity contribution in [3.63, 3.8) is 0 Å². The summed E-state index contributed by atoms with van der Waals surface area (Å²) in [5.74, 6) is 0.374. The SMILES string of the molecule is CC.O=C1NCc2cc([N+](=O)[O-])cnc2N1. The van der Waals surface area contributed by atoms with E-state index in [2.05, 4.69) is 15.6 Å². The van der Waals surface area contributed by atoms with Gasteiger partial charge >= 0.3 is 6.03 Å². The van der Waals surface area contributed by atoms with Gasteiger partial charge in [0.1, 0.15) is 12.0 Å². The molecule has 0 spiro atoms. The maximum Gasteiger partial charge on any atom is 0.320 e. The molecule has 0 atom stereocenters. The van der Waals surface area contributed by atoms with Crippen molar-refractivity contribution in [2.45, 2.75) is 20.4 Å². The van der Waals surface area contributed by atoms with Crippen LogP contribution in [0, 0.1) is 10.1 Å². The standard InChI is InChI=1S/C7H6N4O3.C2H6/c12-7-9-2-4-1-5(11(13)14)3-8-6(4)10-7;1-2/h1,3H,2H2,(H2,8,9,10,12);1-2H3. The molecule has 0 aliphatic carbocycles. The van der Waals surface area contributed by atoms with Gasteiger partial charge in [-0.15, -0.1) is 0 Å². The van der Waals surface area contributed by atoms with E-state index in [1.807, 2.05) is 13.8 Å². The fourth-order valence-corrected chi connectivity index (χ4v) is 1.17. The van der Waals surface area contributed by atoms with Crippen LogP contribution in [0.25, 0.3) is 0 Å². The predicted octanol–water partition coefficient (Wildman–Crippen LogP) is 1.65. The second-order valence-corrected chi connectivity index (χ2v) is 2.77. The van der Waals surface area contributed by atoms with Crippen molar-refractivity contribution < 1.29 is 9.72 Å². The van der Waals surface area contributed by atoms with Crippen molar-refractivity contribution in [2.24, 2.45) is 0 Å². The maximum atomic E-state index is 10.8. The quantitative estimate of drug-likeness (QED) is 0.559. The minimum atomic E-state index is -0.524. The van der Waals surface area contributed by atoms with Crippen molar-refractivity contribution in [1.82, 2.24) is 10.3 Å². The number of nitro groups is 1. The summed E-state index contributed by atoms with van der Waals surface area (Å²) in [6, 6.07) is 1.04. The number of rotatable bonds is 1. The Labute approximate surface area is 92.0 Å². The molecule has 1 aromatic heterocycles. The lowest BCUT2D eigenvalue weighted by Crippen LogP contribution is -2.33. The molecule has 1 aliphatic heterocycles. The third-order valence-corrected chi connectivity index (χ3v) is 1.83. The summed E-state index contributed by atoms with van der Waals surface area (Å²) in [6.07, 6.45) is 1.12. The molecule has 2 rings (SSSR count). The first-order valence-corrected chi connectivity index (χ1v) is 4.85. The van der Waals surface area contributed by atoms with Gasteiger partial charge in [-0.3, -0.25) is 15.4 Å². The number of aromatic nitrogens is 1. The van der Waals surface area contributed by atoms with Crippen LogP contribution in [0.1, 0.15) is 19.4 Å². The van der Waals surface area contributed by atoms with Gasteiger partial charge in [-0.05, 0) is 0 Å². The third kappa shape index (κ3) is 2.44. The number of hydrogen-bond acceptors (Lipinski definition) is 4. The van der Waals surface area contributed by atoms with Crippen molar-refractivity contribution >= 4 is 17.5 Å². The van der Waals surface area contributed by atoms with Crippen LogP contribution in [0.2, 0.25) is 0 Å². The van der Waals surface area contributed by atoms with Gasteiger partial charge in [-0.1, -0.05) is 13.8 Å². The minimum Gasteiger partial charge on any atom is -0.334 e. The molecule has 0 unspecified atom stereocenters. The molecule has 16 heavy (non-hydrogen) atoms. The first kappa shape index (κ1) is 11.9. The first-order chi connectivity index (χ1) is 7.66. The first-order valence-electron chi connectivity index (χ1n) is 4.85. The molecule has 1 aliphatic rings. The zero-order valence-electron chi connectivity index (χ0n) is 8.98. The van der Waals surface area contributed by atoms with Gasteiger partial charge in [0.25, 0.3) is 5.69 Å². The van der Waals surface area contributed by atoms with Gasteiger partial charge in [-0.2, -0.15) is 0 Å². The van der Waals surface area contributed by atoms with E-state index in [4.69, 9.17) is 0 Å². The number of pyridine rings is 1. The van der Waals surface area contributed by atoms with Crippen molar-refractivity contribution in [3.05, 3.63) is 27.9 Å². The van der Waals surface area contributed by atoms with Crippen LogP contribution < -0.4 is 10.6 Å². The monoisotopic (exact) mass is 224 g/mol. The van der Waals surface area contributed by atoms with Crippen LogP contribution in [0.15, 0.2) is 12.3 Å². The summed E-state index contributed by atoms with van der Waals surface area (Å²) < 4.78 is 0. The van der Waals surface area contributed by atoms with Crippen molar-refractivity contribution in [2.75, 3.05) is 5.32 Å². The summed E-state index contributed by atoms with van der Waals surface area (Å²) in [5.41, 5.74) is 0.528. The van der Waals surface area contributed by atoms with E-state index in [1.54, 1.807) is 0 Å². The van der Waals surface area contributed by atoms with Gasteiger partial charge in [0.2, 0.25) is 0 Å². The Morgan fingerprint density at radius 2 is 2.19 bits per heavy atom. The third-order valence-electron chi connectivity index (χ3n) is 1.83. The van der Waals surface area contributed by atoms with Crippen LogP contribution in [0.5, 0.6) is 0 Å². The highest BCUT2D eigenvalue weighted by molar-refractivity contribution is 5.91.